The molecule has 0 aliphatic carbocycles. The summed E-state index contributed by atoms with van der Waals surface area (Å²) in [6, 6.07) is 0. The highest BCUT2D eigenvalue weighted by molar-refractivity contribution is 7.98. The monoisotopic (exact) mass is 188 g/mol. The summed E-state index contributed by atoms with van der Waals surface area (Å²) in [4.78, 5) is 11.5. The van der Waals surface area contributed by atoms with Crippen molar-refractivity contribution in [2.45, 2.75) is 34.1 Å². The predicted molar refractivity (Wildman–Crippen MR) is 56.6 cm³/mol. The fraction of sp³-hybridized carbons (Fsp3) is 0.900. The summed E-state index contributed by atoms with van der Waals surface area (Å²) in [6.07, 6.45) is 2.81. The number of hydrogen-bond acceptors (Lipinski definition) is 2. The minimum atomic E-state index is -0.160. The average molecular weight is 188 g/mol. The van der Waals surface area contributed by atoms with E-state index in [0.29, 0.717) is 11.7 Å². The number of hydrogen-bond donors (Lipinski definition) is 0. The molecule has 0 unspecified atom stereocenters. The van der Waals surface area contributed by atoms with Crippen LogP contribution in [0.15, 0.2) is 0 Å². The number of rotatable bonds is 4. The fourth-order valence-corrected chi connectivity index (χ4v) is 1.65. The minimum Gasteiger partial charge on any atom is -0.299 e. The van der Waals surface area contributed by atoms with Crippen LogP contribution in [-0.2, 0) is 4.79 Å². The number of carbonyl (C=O) groups is 1. The molecule has 0 rings (SSSR count). The molecule has 0 radical (unpaired) electrons. The second-order valence-electron chi connectivity index (χ2n) is 4.44. The SMILES string of the molecule is CSC[C@@H](C)CC(=O)C(C)(C)C. The van der Waals surface area contributed by atoms with Crippen molar-refractivity contribution in [2.75, 3.05) is 12.0 Å². The van der Waals surface area contributed by atoms with Crippen LogP contribution >= 0.6 is 11.8 Å². The minimum absolute atomic E-state index is 0.160. The van der Waals surface area contributed by atoms with Crippen molar-refractivity contribution in [1.82, 2.24) is 0 Å². The Morgan fingerprint density at radius 1 is 1.42 bits per heavy atom. The molecule has 0 aliphatic rings. The summed E-state index contributed by atoms with van der Waals surface area (Å²) in [5.74, 6) is 1.98. The van der Waals surface area contributed by atoms with Gasteiger partial charge in [-0.05, 0) is 17.9 Å². The molecule has 1 atom stereocenters. The summed E-state index contributed by atoms with van der Waals surface area (Å²) in [6.45, 7) is 8.10. The largest absolute Gasteiger partial charge is 0.299 e. The lowest BCUT2D eigenvalue weighted by Gasteiger charge is -2.19. The molecule has 0 saturated carbocycles. The molecule has 2 heteroatoms. The third-order valence-corrected chi connectivity index (χ3v) is 2.72. The Balaban J connectivity index is 3.85. The highest BCUT2D eigenvalue weighted by atomic mass is 32.2. The maximum atomic E-state index is 11.5. The summed E-state index contributed by atoms with van der Waals surface area (Å²) < 4.78 is 0. The van der Waals surface area contributed by atoms with Crippen LogP contribution in [0.4, 0.5) is 0 Å². The molecule has 12 heavy (non-hydrogen) atoms. The van der Waals surface area contributed by atoms with Gasteiger partial charge in [0, 0.05) is 11.8 Å². The van der Waals surface area contributed by atoms with Gasteiger partial charge in [-0.1, -0.05) is 27.7 Å². The smallest absolute Gasteiger partial charge is 0.138 e. The Labute approximate surface area is 80.3 Å². The van der Waals surface area contributed by atoms with Crippen molar-refractivity contribution in [3.63, 3.8) is 0 Å². The number of Topliss-reactive ketones (excluding diaryl/α,β-unsaturated/α-hetero) is 1. The van der Waals surface area contributed by atoms with Gasteiger partial charge in [-0.25, -0.2) is 0 Å². The first-order chi connectivity index (χ1) is 5.38. The van der Waals surface area contributed by atoms with Gasteiger partial charge in [0.15, 0.2) is 0 Å². The molecule has 0 amide bonds. The molecule has 0 spiro atoms. The molecule has 0 aromatic rings. The summed E-state index contributed by atoms with van der Waals surface area (Å²) in [5, 5.41) is 0. The Morgan fingerprint density at radius 2 is 1.92 bits per heavy atom. The summed E-state index contributed by atoms with van der Waals surface area (Å²) in [7, 11) is 0. The maximum absolute atomic E-state index is 11.5. The second-order valence-corrected chi connectivity index (χ2v) is 5.35. The van der Waals surface area contributed by atoms with E-state index in [1.807, 2.05) is 32.5 Å². The van der Waals surface area contributed by atoms with Gasteiger partial charge in [-0.15, -0.1) is 0 Å². The molecule has 1 nitrogen and oxygen atoms in total. The summed E-state index contributed by atoms with van der Waals surface area (Å²) >= 11 is 1.81. The number of carbonyl (C=O) groups excluding carboxylic acids is 1. The molecular formula is C10H20OS. The topological polar surface area (TPSA) is 17.1 Å². The van der Waals surface area contributed by atoms with E-state index in [4.69, 9.17) is 0 Å². The lowest BCUT2D eigenvalue weighted by atomic mass is 9.86. The van der Waals surface area contributed by atoms with Crippen molar-refractivity contribution < 1.29 is 4.79 Å². The Hall–Kier alpha value is 0.0200. The predicted octanol–water partition coefficient (Wildman–Crippen LogP) is 2.99. The molecule has 0 saturated heterocycles. The molecule has 0 fully saturated rings. The van der Waals surface area contributed by atoms with E-state index < -0.39 is 0 Å². The van der Waals surface area contributed by atoms with E-state index in [-0.39, 0.29) is 5.41 Å². The van der Waals surface area contributed by atoms with E-state index in [9.17, 15) is 4.79 Å². The van der Waals surface area contributed by atoms with E-state index in [1.54, 1.807) is 0 Å². The quantitative estimate of drug-likeness (QED) is 0.674. The van der Waals surface area contributed by atoms with E-state index >= 15 is 0 Å². The van der Waals surface area contributed by atoms with Crippen molar-refractivity contribution in [2.24, 2.45) is 11.3 Å². The van der Waals surface area contributed by atoms with Crippen LogP contribution in [0.2, 0.25) is 0 Å². The van der Waals surface area contributed by atoms with Crippen LogP contribution < -0.4 is 0 Å². The van der Waals surface area contributed by atoms with Gasteiger partial charge in [-0.2, -0.15) is 11.8 Å². The highest BCUT2D eigenvalue weighted by Crippen LogP contribution is 2.20. The number of ketones is 1. The van der Waals surface area contributed by atoms with Crippen molar-refractivity contribution in [1.29, 1.82) is 0 Å². The van der Waals surface area contributed by atoms with Crippen LogP contribution in [0.1, 0.15) is 34.1 Å². The third-order valence-electron chi connectivity index (χ3n) is 1.82. The molecule has 0 bridgehead atoms. The molecule has 72 valence electrons. The van der Waals surface area contributed by atoms with Gasteiger partial charge >= 0.3 is 0 Å². The van der Waals surface area contributed by atoms with Crippen LogP contribution in [0, 0.1) is 11.3 Å². The first-order valence-electron chi connectivity index (χ1n) is 4.40. The maximum Gasteiger partial charge on any atom is 0.138 e. The van der Waals surface area contributed by atoms with Crippen molar-refractivity contribution in [3.05, 3.63) is 0 Å². The molecule has 0 aromatic carbocycles. The first-order valence-corrected chi connectivity index (χ1v) is 5.79. The zero-order valence-corrected chi connectivity index (χ0v) is 9.62. The number of thioether (sulfide) groups is 1. The normalized spacial score (nSPS) is 14.4. The van der Waals surface area contributed by atoms with Gasteiger partial charge in [0.1, 0.15) is 5.78 Å². The van der Waals surface area contributed by atoms with Gasteiger partial charge < -0.3 is 0 Å². The zero-order chi connectivity index (χ0) is 9.78. The lowest BCUT2D eigenvalue weighted by Crippen LogP contribution is -2.22. The Bertz CT molecular complexity index is 146. The average Bonchev–Trinajstić information content (AvgIpc) is 1.85. The van der Waals surface area contributed by atoms with Gasteiger partial charge in [0.25, 0.3) is 0 Å². The van der Waals surface area contributed by atoms with E-state index in [1.165, 1.54) is 0 Å². The van der Waals surface area contributed by atoms with Crippen molar-refractivity contribution in [3.8, 4) is 0 Å². The van der Waals surface area contributed by atoms with Crippen LogP contribution in [0.25, 0.3) is 0 Å². The van der Waals surface area contributed by atoms with E-state index in [2.05, 4.69) is 13.2 Å². The zero-order valence-electron chi connectivity index (χ0n) is 8.81. The molecule has 0 aliphatic heterocycles. The lowest BCUT2D eigenvalue weighted by molar-refractivity contribution is -0.126. The second kappa shape index (κ2) is 4.90. The Kier molecular flexibility index (Phi) is 4.91. The van der Waals surface area contributed by atoms with Crippen molar-refractivity contribution >= 4 is 17.5 Å². The molecule has 0 N–H and O–H groups in total. The Morgan fingerprint density at radius 3 is 2.25 bits per heavy atom. The molecule has 0 heterocycles. The first kappa shape index (κ1) is 12.0. The summed E-state index contributed by atoms with van der Waals surface area (Å²) in [5.41, 5.74) is -0.160. The van der Waals surface area contributed by atoms with Gasteiger partial charge in [0.2, 0.25) is 0 Å². The van der Waals surface area contributed by atoms with Crippen LogP contribution in [0.3, 0.4) is 0 Å². The van der Waals surface area contributed by atoms with Crippen LogP contribution in [0.5, 0.6) is 0 Å². The molecule has 0 aromatic heterocycles. The highest BCUT2D eigenvalue weighted by Gasteiger charge is 2.22. The van der Waals surface area contributed by atoms with E-state index in [0.717, 1.165) is 12.2 Å². The fourth-order valence-electron chi connectivity index (χ4n) is 0.966. The molecular weight excluding hydrogens is 168 g/mol. The third kappa shape index (κ3) is 4.81. The van der Waals surface area contributed by atoms with Gasteiger partial charge in [-0.3, -0.25) is 4.79 Å². The standard InChI is InChI=1S/C10H20OS/c1-8(7-12-5)6-9(11)10(2,3)4/h8H,6-7H2,1-5H3/t8-/m0/s1. The van der Waals surface area contributed by atoms with Gasteiger partial charge in [0.05, 0.1) is 0 Å². The van der Waals surface area contributed by atoms with Crippen LogP contribution in [-0.4, -0.2) is 17.8 Å².